The molecule has 0 bridgehead atoms. The molecule has 4 rings (SSSR count). The van der Waals surface area contributed by atoms with Crippen LogP contribution in [0.3, 0.4) is 0 Å². The van der Waals surface area contributed by atoms with Gasteiger partial charge in [-0.2, -0.15) is 0 Å². The molecule has 1 atom stereocenters. The van der Waals surface area contributed by atoms with E-state index in [2.05, 4.69) is 10.6 Å². The van der Waals surface area contributed by atoms with Crippen LogP contribution in [0.1, 0.15) is 15.9 Å². The standard InChI is InChI=1S/C22H24N4O8S/c23-35(30,31)16-4-1-14(2-5-16)7-8-24-20(27)21(28)25-12-19-26(9-10-32-19)22(29)15-3-6-17-18(11-15)34-13-33-17/h1-6,11,19H,7-10,12-13H2,(H,24,27)(H,25,28)(H2,23,30,31)/t19-/m0/s1. The fraction of sp³-hybridized carbons (Fsp3) is 0.318. The molecule has 0 aliphatic carbocycles. The molecule has 1 saturated heterocycles. The minimum Gasteiger partial charge on any atom is -0.454 e. The smallest absolute Gasteiger partial charge is 0.309 e. The first-order valence-corrected chi connectivity index (χ1v) is 12.3. The Balaban J connectivity index is 1.23. The zero-order chi connectivity index (χ0) is 25.0. The van der Waals surface area contributed by atoms with E-state index in [4.69, 9.17) is 19.3 Å². The van der Waals surface area contributed by atoms with Crippen LogP contribution in [0, 0.1) is 0 Å². The maximum absolute atomic E-state index is 12.9. The van der Waals surface area contributed by atoms with E-state index in [9.17, 15) is 22.8 Å². The van der Waals surface area contributed by atoms with Crippen molar-refractivity contribution in [3.63, 3.8) is 0 Å². The predicted molar refractivity (Wildman–Crippen MR) is 121 cm³/mol. The van der Waals surface area contributed by atoms with E-state index in [1.807, 2.05) is 0 Å². The van der Waals surface area contributed by atoms with Crippen molar-refractivity contribution in [2.24, 2.45) is 5.14 Å². The van der Waals surface area contributed by atoms with Gasteiger partial charge in [-0.15, -0.1) is 0 Å². The number of hydrogen-bond acceptors (Lipinski definition) is 8. The van der Waals surface area contributed by atoms with Gasteiger partial charge in [0, 0.05) is 18.7 Å². The Bertz CT molecular complexity index is 1230. The summed E-state index contributed by atoms with van der Waals surface area (Å²) in [6, 6.07) is 10.8. The van der Waals surface area contributed by atoms with Crippen LogP contribution in [0.5, 0.6) is 11.5 Å². The molecule has 12 nitrogen and oxygen atoms in total. The van der Waals surface area contributed by atoms with E-state index in [-0.39, 0.29) is 30.7 Å². The Morgan fingerprint density at radius 1 is 1.00 bits per heavy atom. The normalized spacial score (nSPS) is 16.7. The van der Waals surface area contributed by atoms with Crippen LogP contribution in [0.4, 0.5) is 0 Å². The van der Waals surface area contributed by atoms with Crippen LogP contribution in [-0.4, -0.2) is 70.3 Å². The molecule has 186 valence electrons. The van der Waals surface area contributed by atoms with Crippen molar-refractivity contribution in [2.45, 2.75) is 17.5 Å². The number of hydrogen-bond donors (Lipinski definition) is 3. The number of rotatable bonds is 7. The average molecular weight is 505 g/mol. The first-order valence-electron chi connectivity index (χ1n) is 10.7. The van der Waals surface area contributed by atoms with Gasteiger partial charge in [-0.3, -0.25) is 14.4 Å². The van der Waals surface area contributed by atoms with E-state index >= 15 is 0 Å². The van der Waals surface area contributed by atoms with E-state index in [1.165, 1.54) is 17.0 Å². The van der Waals surface area contributed by atoms with E-state index < -0.39 is 28.1 Å². The van der Waals surface area contributed by atoms with Gasteiger partial charge in [0.15, 0.2) is 11.5 Å². The van der Waals surface area contributed by atoms with Gasteiger partial charge in [-0.25, -0.2) is 13.6 Å². The Kier molecular flexibility index (Phi) is 7.19. The number of primary sulfonamides is 1. The summed E-state index contributed by atoms with van der Waals surface area (Å²) in [5.74, 6) is -0.941. The largest absolute Gasteiger partial charge is 0.454 e. The quantitative estimate of drug-likeness (QED) is 0.418. The Morgan fingerprint density at radius 3 is 2.46 bits per heavy atom. The van der Waals surface area contributed by atoms with Crippen LogP contribution in [-0.2, 0) is 30.8 Å². The van der Waals surface area contributed by atoms with Crippen molar-refractivity contribution in [3.8, 4) is 11.5 Å². The van der Waals surface area contributed by atoms with Crippen molar-refractivity contribution in [1.82, 2.24) is 15.5 Å². The third kappa shape index (κ3) is 5.88. The number of sulfonamides is 1. The molecule has 13 heteroatoms. The van der Waals surface area contributed by atoms with Gasteiger partial charge in [-0.1, -0.05) is 12.1 Å². The summed E-state index contributed by atoms with van der Waals surface area (Å²) in [6.07, 6.45) is -0.338. The Labute approximate surface area is 201 Å². The number of ether oxygens (including phenoxy) is 3. The predicted octanol–water partition coefficient (Wildman–Crippen LogP) is -0.664. The van der Waals surface area contributed by atoms with Crippen molar-refractivity contribution < 1.29 is 37.0 Å². The van der Waals surface area contributed by atoms with Crippen molar-refractivity contribution in [2.75, 3.05) is 33.0 Å². The second-order valence-corrected chi connectivity index (χ2v) is 9.36. The van der Waals surface area contributed by atoms with Crippen molar-refractivity contribution in [1.29, 1.82) is 0 Å². The molecule has 2 aliphatic heterocycles. The van der Waals surface area contributed by atoms with Gasteiger partial charge < -0.3 is 29.7 Å². The molecular weight excluding hydrogens is 480 g/mol. The van der Waals surface area contributed by atoms with Crippen LogP contribution in [0.25, 0.3) is 0 Å². The zero-order valence-electron chi connectivity index (χ0n) is 18.6. The number of carbonyl (C=O) groups is 3. The zero-order valence-corrected chi connectivity index (χ0v) is 19.4. The molecule has 1 fully saturated rings. The monoisotopic (exact) mass is 504 g/mol. The first-order chi connectivity index (χ1) is 16.7. The first kappa shape index (κ1) is 24.4. The number of benzene rings is 2. The van der Waals surface area contributed by atoms with Crippen LogP contribution in [0.15, 0.2) is 47.4 Å². The van der Waals surface area contributed by atoms with Gasteiger partial charge in [0.05, 0.1) is 18.0 Å². The number of nitrogens with one attached hydrogen (secondary N) is 2. The summed E-state index contributed by atoms with van der Waals surface area (Å²) < 4.78 is 38.7. The highest BCUT2D eigenvalue weighted by Crippen LogP contribution is 2.33. The third-order valence-electron chi connectivity index (χ3n) is 5.47. The van der Waals surface area contributed by atoms with Gasteiger partial charge >= 0.3 is 11.8 Å². The molecule has 0 aromatic heterocycles. The van der Waals surface area contributed by atoms with Gasteiger partial charge in [-0.05, 0) is 42.3 Å². The Hall–Kier alpha value is -3.68. The molecule has 2 aromatic carbocycles. The highest BCUT2D eigenvalue weighted by molar-refractivity contribution is 7.89. The van der Waals surface area contributed by atoms with E-state index in [0.29, 0.717) is 36.6 Å². The van der Waals surface area contributed by atoms with Crippen LogP contribution in [0.2, 0.25) is 0 Å². The maximum atomic E-state index is 12.9. The molecule has 0 unspecified atom stereocenters. The number of amides is 3. The van der Waals surface area contributed by atoms with E-state index in [1.54, 1.807) is 30.3 Å². The lowest BCUT2D eigenvalue weighted by Gasteiger charge is -2.23. The molecule has 3 amide bonds. The van der Waals surface area contributed by atoms with E-state index in [0.717, 1.165) is 5.56 Å². The highest BCUT2D eigenvalue weighted by atomic mass is 32.2. The molecule has 2 aliphatic rings. The lowest BCUT2D eigenvalue weighted by Crippen LogP contribution is -2.47. The fourth-order valence-electron chi connectivity index (χ4n) is 3.62. The number of nitrogens with two attached hydrogens (primary N) is 1. The van der Waals surface area contributed by atoms with Crippen LogP contribution >= 0.6 is 0 Å². The van der Waals surface area contributed by atoms with Crippen LogP contribution < -0.4 is 25.2 Å². The number of nitrogens with zero attached hydrogens (tertiary/aromatic N) is 1. The van der Waals surface area contributed by atoms with Gasteiger partial charge in [0.25, 0.3) is 5.91 Å². The maximum Gasteiger partial charge on any atom is 0.309 e. The molecule has 4 N–H and O–H groups in total. The highest BCUT2D eigenvalue weighted by Gasteiger charge is 2.32. The Morgan fingerprint density at radius 2 is 1.71 bits per heavy atom. The lowest BCUT2D eigenvalue weighted by molar-refractivity contribution is -0.139. The summed E-state index contributed by atoms with van der Waals surface area (Å²) in [7, 11) is -3.77. The molecule has 2 heterocycles. The number of carbonyl (C=O) groups excluding carboxylic acids is 3. The second-order valence-electron chi connectivity index (χ2n) is 7.80. The second kappa shape index (κ2) is 10.3. The molecular formula is C22H24N4O8S. The van der Waals surface area contributed by atoms with Gasteiger partial charge in [0.1, 0.15) is 6.23 Å². The third-order valence-corrected chi connectivity index (χ3v) is 6.39. The topological polar surface area (TPSA) is 166 Å². The van der Waals surface area contributed by atoms with Gasteiger partial charge in [0.2, 0.25) is 16.8 Å². The summed E-state index contributed by atoms with van der Waals surface area (Å²) in [5.41, 5.74) is 1.15. The van der Waals surface area contributed by atoms with Crippen molar-refractivity contribution >= 4 is 27.7 Å². The fourth-order valence-corrected chi connectivity index (χ4v) is 4.14. The summed E-state index contributed by atoms with van der Waals surface area (Å²) in [4.78, 5) is 38.7. The minimum atomic E-state index is -3.77. The number of fused-ring (bicyclic) bond motifs is 1. The summed E-state index contributed by atoms with van der Waals surface area (Å²) in [5, 5.41) is 10.0. The molecule has 0 saturated carbocycles. The van der Waals surface area contributed by atoms with Crippen molar-refractivity contribution in [3.05, 3.63) is 53.6 Å². The minimum absolute atomic E-state index is 0.00940. The summed E-state index contributed by atoms with van der Waals surface area (Å²) in [6.45, 7) is 0.839. The lowest BCUT2D eigenvalue weighted by atomic mass is 10.1. The molecule has 2 aromatic rings. The molecule has 0 spiro atoms. The molecule has 35 heavy (non-hydrogen) atoms. The average Bonchev–Trinajstić information content (AvgIpc) is 3.50. The molecule has 0 radical (unpaired) electrons. The summed E-state index contributed by atoms with van der Waals surface area (Å²) >= 11 is 0. The SMILES string of the molecule is NS(=O)(=O)c1ccc(CCNC(=O)C(=O)NC[C@@H]2OCCN2C(=O)c2ccc3c(c2)OCO3)cc1.